The monoisotopic (exact) mass is 241 g/mol. The number of rotatable bonds is 3. The zero-order chi connectivity index (χ0) is 11.2. The Morgan fingerprint density at radius 1 is 1.44 bits per heavy atom. The fourth-order valence-electron chi connectivity index (χ4n) is 2.12. The number of carbonyl (C=O) groups excluding carboxylic acids is 1. The molecule has 1 aliphatic carbocycles. The van der Waals surface area contributed by atoms with Gasteiger partial charge in [-0.2, -0.15) is 0 Å². The first-order valence-corrected chi connectivity index (χ1v) is 7.03. The predicted molar refractivity (Wildman–Crippen MR) is 67.8 cm³/mol. The summed E-state index contributed by atoms with van der Waals surface area (Å²) in [5.41, 5.74) is 0. The minimum absolute atomic E-state index is 0.147. The van der Waals surface area contributed by atoms with Gasteiger partial charge in [0.1, 0.15) is 0 Å². The second kappa shape index (κ2) is 6.13. The fourth-order valence-corrected chi connectivity index (χ4v) is 2.86. The van der Waals surface area contributed by atoms with Gasteiger partial charge in [-0.05, 0) is 12.8 Å². The van der Waals surface area contributed by atoms with Gasteiger partial charge in [-0.25, -0.2) is 0 Å². The molecule has 2 N–H and O–H groups in total. The van der Waals surface area contributed by atoms with E-state index in [1.807, 2.05) is 0 Å². The highest BCUT2D eigenvalue weighted by Crippen LogP contribution is 2.17. The second-order valence-electron chi connectivity index (χ2n) is 4.30. The van der Waals surface area contributed by atoms with E-state index in [-0.39, 0.29) is 5.91 Å². The van der Waals surface area contributed by atoms with Gasteiger partial charge in [-0.15, -0.1) is 0 Å². The Morgan fingerprint density at radius 3 is 2.94 bits per heavy atom. The number of aliphatic imine (C=N–C) groups is 1. The fraction of sp³-hybridized carbons (Fsp3) is 0.818. The Labute approximate surface area is 101 Å². The molecule has 0 radical (unpaired) electrons. The van der Waals surface area contributed by atoms with Crippen LogP contribution in [0.4, 0.5) is 0 Å². The summed E-state index contributed by atoms with van der Waals surface area (Å²) in [5.74, 6) is 0.635. The van der Waals surface area contributed by atoms with E-state index in [0.29, 0.717) is 11.8 Å². The van der Waals surface area contributed by atoms with Gasteiger partial charge in [0.2, 0.25) is 5.91 Å². The summed E-state index contributed by atoms with van der Waals surface area (Å²) < 4.78 is 0. The van der Waals surface area contributed by atoms with Crippen molar-refractivity contribution in [1.82, 2.24) is 10.6 Å². The highest BCUT2D eigenvalue weighted by molar-refractivity contribution is 8.14. The molecule has 0 atom stereocenters. The zero-order valence-electron chi connectivity index (χ0n) is 9.50. The maximum atomic E-state index is 11.7. The number of amidine groups is 1. The van der Waals surface area contributed by atoms with Gasteiger partial charge >= 0.3 is 0 Å². The van der Waals surface area contributed by atoms with Crippen molar-refractivity contribution < 1.29 is 4.79 Å². The lowest BCUT2D eigenvalue weighted by Gasteiger charge is -2.22. The number of hydrogen-bond donors (Lipinski definition) is 2. The molecule has 0 aromatic rings. The number of thioether (sulfide) groups is 1. The average molecular weight is 241 g/mol. The second-order valence-corrected chi connectivity index (χ2v) is 5.27. The Kier molecular flexibility index (Phi) is 4.51. The molecule has 2 aliphatic rings. The summed E-state index contributed by atoms with van der Waals surface area (Å²) in [6.45, 7) is 1.75. The number of hydrogen-bond acceptors (Lipinski definition) is 4. The van der Waals surface area contributed by atoms with Gasteiger partial charge in [-0.1, -0.05) is 31.0 Å². The molecule has 5 heteroatoms. The number of nitrogens with zero attached hydrogens (tertiary/aromatic N) is 1. The molecule has 16 heavy (non-hydrogen) atoms. The van der Waals surface area contributed by atoms with Crippen LogP contribution in [0.2, 0.25) is 0 Å². The van der Waals surface area contributed by atoms with Gasteiger partial charge in [0.15, 0.2) is 5.17 Å². The van der Waals surface area contributed by atoms with E-state index in [1.165, 1.54) is 31.0 Å². The van der Waals surface area contributed by atoms with Crippen molar-refractivity contribution in [2.24, 2.45) is 4.99 Å². The summed E-state index contributed by atoms with van der Waals surface area (Å²) in [6, 6.07) is 0.417. The quantitative estimate of drug-likeness (QED) is 0.779. The van der Waals surface area contributed by atoms with E-state index in [2.05, 4.69) is 15.6 Å². The number of carbonyl (C=O) groups is 1. The van der Waals surface area contributed by atoms with Crippen molar-refractivity contribution >= 4 is 22.8 Å². The third-order valence-electron chi connectivity index (χ3n) is 2.95. The molecule has 1 heterocycles. The highest BCUT2D eigenvalue weighted by Gasteiger charge is 2.16. The van der Waals surface area contributed by atoms with E-state index in [0.717, 1.165) is 31.1 Å². The summed E-state index contributed by atoms with van der Waals surface area (Å²) in [5, 5.41) is 7.16. The molecule has 0 saturated heterocycles. The summed E-state index contributed by atoms with van der Waals surface area (Å²) >= 11 is 1.51. The van der Waals surface area contributed by atoms with E-state index in [9.17, 15) is 4.79 Å². The van der Waals surface area contributed by atoms with Crippen molar-refractivity contribution in [3.8, 4) is 0 Å². The molecule has 0 aromatic heterocycles. The van der Waals surface area contributed by atoms with Gasteiger partial charge in [0.25, 0.3) is 0 Å². The smallest absolute Gasteiger partial charge is 0.230 e. The van der Waals surface area contributed by atoms with E-state index in [4.69, 9.17) is 0 Å². The van der Waals surface area contributed by atoms with Crippen LogP contribution in [0.5, 0.6) is 0 Å². The molecule has 0 unspecified atom stereocenters. The van der Waals surface area contributed by atoms with Gasteiger partial charge in [0, 0.05) is 12.6 Å². The van der Waals surface area contributed by atoms with E-state index >= 15 is 0 Å². The van der Waals surface area contributed by atoms with Crippen molar-refractivity contribution in [2.45, 2.75) is 38.1 Å². The third kappa shape index (κ3) is 3.70. The molecule has 0 bridgehead atoms. The summed E-state index contributed by atoms with van der Waals surface area (Å²) in [6.07, 6.45) is 6.13. The summed E-state index contributed by atoms with van der Waals surface area (Å²) in [7, 11) is 0. The first-order chi connectivity index (χ1) is 7.84. The Balaban J connectivity index is 1.63. The standard InChI is InChI=1S/C11H19N3OS/c15-10(8-16-11-12-6-7-13-11)14-9-4-2-1-3-5-9/h9H,1-8H2,(H,12,13)(H,14,15). The van der Waals surface area contributed by atoms with Gasteiger partial charge in [0.05, 0.1) is 12.3 Å². The average Bonchev–Trinajstić information content (AvgIpc) is 2.81. The first kappa shape index (κ1) is 11.8. The summed E-state index contributed by atoms with van der Waals surface area (Å²) in [4.78, 5) is 15.9. The Hall–Kier alpha value is -0.710. The van der Waals surface area contributed by atoms with Crippen molar-refractivity contribution in [2.75, 3.05) is 18.8 Å². The minimum atomic E-state index is 0.147. The topological polar surface area (TPSA) is 53.5 Å². The van der Waals surface area contributed by atoms with Gasteiger partial charge < -0.3 is 10.6 Å². The van der Waals surface area contributed by atoms with Gasteiger partial charge in [-0.3, -0.25) is 9.79 Å². The maximum absolute atomic E-state index is 11.7. The SMILES string of the molecule is O=C(CSC1=NCCN1)NC1CCCCC1. The molecule has 1 fully saturated rings. The van der Waals surface area contributed by atoms with Crippen molar-refractivity contribution in [3.63, 3.8) is 0 Å². The van der Waals surface area contributed by atoms with Crippen LogP contribution in [0, 0.1) is 0 Å². The predicted octanol–water partition coefficient (Wildman–Crippen LogP) is 1.13. The lowest BCUT2D eigenvalue weighted by atomic mass is 9.95. The van der Waals surface area contributed by atoms with Crippen LogP contribution in [-0.2, 0) is 4.79 Å². The minimum Gasteiger partial charge on any atom is -0.363 e. The lowest BCUT2D eigenvalue weighted by Crippen LogP contribution is -2.37. The van der Waals surface area contributed by atoms with Crippen LogP contribution in [-0.4, -0.2) is 36.0 Å². The van der Waals surface area contributed by atoms with Crippen molar-refractivity contribution in [1.29, 1.82) is 0 Å². The zero-order valence-corrected chi connectivity index (χ0v) is 10.3. The number of amides is 1. The van der Waals surface area contributed by atoms with E-state index in [1.54, 1.807) is 0 Å². The largest absolute Gasteiger partial charge is 0.363 e. The van der Waals surface area contributed by atoms with Crippen LogP contribution in [0.3, 0.4) is 0 Å². The van der Waals surface area contributed by atoms with Crippen LogP contribution >= 0.6 is 11.8 Å². The van der Waals surface area contributed by atoms with E-state index < -0.39 is 0 Å². The molecule has 1 amide bonds. The molecule has 90 valence electrons. The molecule has 4 nitrogen and oxygen atoms in total. The Bertz CT molecular complexity index is 274. The normalized spacial score (nSPS) is 21.4. The molecular weight excluding hydrogens is 222 g/mol. The highest BCUT2D eigenvalue weighted by atomic mass is 32.2. The van der Waals surface area contributed by atoms with Crippen molar-refractivity contribution in [3.05, 3.63) is 0 Å². The molecule has 1 saturated carbocycles. The maximum Gasteiger partial charge on any atom is 0.230 e. The molecule has 0 spiro atoms. The molecule has 1 aliphatic heterocycles. The van der Waals surface area contributed by atoms with Crippen LogP contribution < -0.4 is 10.6 Å². The van der Waals surface area contributed by atoms with Crippen LogP contribution in [0.25, 0.3) is 0 Å². The first-order valence-electron chi connectivity index (χ1n) is 6.05. The Morgan fingerprint density at radius 2 is 2.25 bits per heavy atom. The van der Waals surface area contributed by atoms with Crippen LogP contribution in [0.1, 0.15) is 32.1 Å². The third-order valence-corrected chi connectivity index (χ3v) is 3.91. The molecule has 2 rings (SSSR count). The lowest BCUT2D eigenvalue weighted by molar-refractivity contribution is -0.119. The van der Waals surface area contributed by atoms with Crippen LogP contribution in [0.15, 0.2) is 4.99 Å². The molecule has 0 aromatic carbocycles. The number of nitrogens with one attached hydrogen (secondary N) is 2. The molecular formula is C11H19N3OS.